The third-order valence-corrected chi connectivity index (χ3v) is 10.5. The molecule has 0 nitrogen and oxygen atoms in total. The van der Waals surface area contributed by atoms with E-state index in [1.54, 1.807) is 0 Å². The van der Waals surface area contributed by atoms with Crippen LogP contribution in [0.2, 0.25) is 0 Å². The Balaban J connectivity index is 1.19. The second kappa shape index (κ2) is 9.30. The van der Waals surface area contributed by atoms with E-state index in [2.05, 4.69) is 165 Å². The molecule has 0 spiro atoms. The molecule has 0 saturated carbocycles. The Morgan fingerprint density at radius 3 is 1.58 bits per heavy atom. The van der Waals surface area contributed by atoms with Gasteiger partial charge >= 0.3 is 0 Å². The van der Waals surface area contributed by atoms with Gasteiger partial charge in [-0.05, 0) is 105 Å². The van der Waals surface area contributed by atoms with E-state index in [0.29, 0.717) is 0 Å². The molecule has 0 aliphatic heterocycles. The van der Waals surface area contributed by atoms with Crippen molar-refractivity contribution in [1.29, 1.82) is 0 Å². The van der Waals surface area contributed by atoms with Crippen LogP contribution < -0.4 is 0 Å². The van der Waals surface area contributed by atoms with Crippen LogP contribution in [0.4, 0.5) is 0 Å². The molecule has 7 aromatic rings. The number of fused-ring (bicyclic) bond motifs is 3. The van der Waals surface area contributed by atoms with Gasteiger partial charge in [-0.1, -0.05) is 159 Å². The maximum absolute atomic E-state index is 2.45. The quantitative estimate of drug-likeness (QED) is 0.178. The molecule has 0 bridgehead atoms. The lowest BCUT2D eigenvalue weighted by atomic mass is 9.78. The Morgan fingerprint density at radius 1 is 0.400 bits per heavy atom. The Morgan fingerprint density at radius 2 is 0.911 bits per heavy atom. The van der Waals surface area contributed by atoms with Gasteiger partial charge in [-0.15, -0.1) is 0 Å². The van der Waals surface area contributed by atoms with Crippen molar-refractivity contribution in [3.63, 3.8) is 0 Å². The topological polar surface area (TPSA) is 0 Å². The molecule has 0 saturated heterocycles. The highest BCUT2D eigenvalue weighted by molar-refractivity contribution is 6.25. The minimum Gasteiger partial charge on any atom is -0.0579 e. The molecule has 0 unspecified atom stereocenters. The van der Waals surface area contributed by atoms with Gasteiger partial charge in [-0.3, -0.25) is 0 Å². The highest BCUT2D eigenvalue weighted by Gasteiger charge is 2.36. The fourth-order valence-electron chi connectivity index (χ4n) is 7.73. The standard InChI is InChI=1S/C45H42/c1-43(2,3)33-18-22-37-36-20-16-30(25-39(36)45(7,8)40(37)26-33)27-9-11-28(12-10-27)35-19-15-29-13-14-31-23-34(44(4,5)6)24-32-17-21-38(35)42(29)41(31)32/h9-26H,1-8H3. The molecule has 7 aromatic carbocycles. The Hall–Kier alpha value is -4.42. The van der Waals surface area contributed by atoms with Crippen molar-refractivity contribution in [2.45, 2.75) is 71.6 Å². The fourth-order valence-corrected chi connectivity index (χ4v) is 7.73. The first-order chi connectivity index (χ1) is 21.3. The molecular weight excluding hydrogens is 540 g/mol. The lowest BCUT2D eigenvalue weighted by molar-refractivity contribution is 0.584. The molecule has 0 N–H and O–H groups in total. The van der Waals surface area contributed by atoms with Crippen molar-refractivity contribution in [2.24, 2.45) is 0 Å². The first-order valence-corrected chi connectivity index (χ1v) is 16.4. The number of benzene rings is 7. The summed E-state index contributed by atoms with van der Waals surface area (Å²) in [4.78, 5) is 0. The second-order valence-corrected chi connectivity index (χ2v) is 15.9. The largest absolute Gasteiger partial charge is 0.0579 e. The summed E-state index contributed by atoms with van der Waals surface area (Å²) in [7, 11) is 0. The van der Waals surface area contributed by atoms with Crippen LogP contribution in [0.15, 0.2) is 109 Å². The highest BCUT2D eigenvalue weighted by Crippen LogP contribution is 2.51. The fraction of sp³-hybridized carbons (Fsp3) is 0.244. The molecule has 45 heavy (non-hydrogen) atoms. The monoisotopic (exact) mass is 582 g/mol. The summed E-state index contributed by atoms with van der Waals surface area (Å²) in [6, 6.07) is 42.1. The van der Waals surface area contributed by atoms with Crippen LogP contribution in [0, 0.1) is 0 Å². The maximum Gasteiger partial charge on any atom is 0.0159 e. The molecule has 0 radical (unpaired) electrons. The van der Waals surface area contributed by atoms with Gasteiger partial charge < -0.3 is 0 Å². The molecule has 1 aliphatic rings. The summed E-state index contributed by atoms with van der Waals surface area (Å²) < 4.78 is 0. The smallest absolute Gasteiger partial charge is 0.0159 e. The first-order valence-electron chi connectivity index (χ1n) is 16.4. The average molecular weight is 583 g/mol. The van der Waals surface area contributed by atoms with Gasteiger partial charge in [0.1, 0.15) is 0 Å². The predicted octanol–water partition coefficient (Wildman–Crippen LogP) is 12.8. The Bertz CT molecular complexity index is 2260. The molecule has 1 aliphatic carbocycles. The van der Waals surface area contributed by atoms with Crippen molar-refractivity contribution in [1.82, 2.24) is 0 Å². The van der Waals surface area contributed by atoms with Crippen molar-refractivity contribution < 1.29 is 0 Å². The number of hydrogen-bond acceptors (Lipinski definition) is 0. The summed E-state index contributed by atoms with van der Waals surface area (Å²) >= 11 is 0. The van der Waals surface area contributed by atoms with Gasteiger partial charge in [0.15, 0.2) is 0 Å². The number of hydrogen-bond donors (Lipinski definition) is 0. The van der Waals surface area contributed by atoms with Crippen molar-refractivity contribution in [2.75, 3.05) is 0 Å². The molecule has 0 amide bonds. The van der Waals surface area contributed by atoms with E-state index >= 15 is 0 Å². The van der Waals surface area contributed by atoms with E-state index in [1.165, 1.54) is 88.0 Å². The summed E-state index contributed by atoms with van der Waals surface area (Å²) in [6.45, 7) is 18.6. The van der Waals surface area contributed by atoms with Crippen LogP contribution in [-0.4, -0.2) is 0 Å². The summed E-state index contributed by atoms with van der Waals surface area (Å²) in [5, 5.41) is 8.06. The Labute approximate surface area is 268 Å². The van der Waals surface area contributed by atoms with E-state index in [4.69, 9.17) is 0 Å². The van der Waals surface area contributed by atoms with Gasteiger partial charge in [0.25, 0.3) is 0 Å². The van der Waals surface area contributed by atoms with Gasteiger partial charge in [-0.2, -0.15) is 0 Å². The van der Waals surface area contributed by atoms with Gasteiger partial charge in [0.2, 0.25) is 0 Å². The van der Waals surface area contributed by atoms with Crippen molar-refractivity contribution >= 4 is 32.3 Å². The van der Waals surface area contributed by atoms with E-state index < -0.39 is 0 Å². The van der Waals surface area contributed by atoms with Crippen LogP contribution in [0.25, 0.3) is 65.7 Å². The van der Waals surface area contributed by atoms with Crippen LogP contribution in [-0.2, 0) is 16.2 Å². The van der Waals surface area contributed by atoms with Crippen LogP contribution in [0.3, 0.4) is 0 Å². The molecular formula is C45H42. The summed E-state index contributed by atoms with van der Waals surface area (Å²) in [6.07, 6.45) is 0. The first kappa shape index (κ1) is 28.1. The molecule has 0 heterocycles. The third kappa shape index (κ3) is 4.26. The molecule has 0 fully saturated rings. The summed E-state index contributed by atoms with van der Waals surface area (Å²) in [5.74, 6) is 0. The average Bonchev–Trinajstić information content (AvgIpc) is 3.24. The minimum absolute atomic E-state index is 0.0305. The van der Waals surface area contributed by atoms with E-state index in [9.17, 15) is 0 Å². The zero-order chi connectivity index (χ0) is 31.5. The SMILES string of the molecule is CC(C)(C)c1ccc2c(c1)C(C)(C)c1cc(-c3ccc(-c4ccc5ccc6cc(C(C)(C)C)cc7ccc4c5c67)cc3)ccc1-2. The van der Waals surface area contributed by atoms with E-state index in [1.807, 2.05) is 0 Å². The lowest BCUT2D eigenvalue weighted by Gasteiger charge is -2.25. The van der Waals surface area contributed by atoms with Gasteiger partial charge in [0, 0.05) is 5.41 Å². The lowest BCUT2D eigenvalue weighted by Crippen LogP contribution is -2.17. The third-order valence-electron chi connectivity index (χ3n) is 10.5. The minimum atomic E-state index is -0.0305. The van der Waals surface area contributed by atoms with Crippen molar-refractivity contribution in [3.05, 3.63) is 131 Å². The van der Waals surface area contributed by atoms with Crippen molar-refractivity contribution in [3.8, 4) is 33.4 Å². The van der Waals surface area contributed by atoms with Gasteiger partial charge in [-0.25, -0.2) is 0 Å². The zero-order valence-corrected chi connectivity index (χ0v) is 27.9. The normalized spacial score (nSPS) is 14.4. The van der Waals surface area contributed by atoms with Crippen LogP contribution in [0.5, 0.6) is 0 Å². The second-order valence-electron chi connectivity index (χ2n) is 15.9. The molecule has 0 atom stereocenters. The highest BCUT2D eigenvalue weighted by atomic mass is 14.4. The van der Waals surface area contributed by atoms with Gasteiger partial charge in [0.05, 0.1) is 0 Å². The summed E-state index contributed by atoms with van der Waals surface area (Å²) in [5.41, 5.74) is 13.7. The molecule has 8 rings (SSSR count). The van der Waals surface area contributed by atoms with Crippen LogP contribution >= 0.6 is 0 Å². The Kier molecular flexibility index (Phi) is 5.80. The van der Waals surface area contributed by atoms with E-state index in [0.717, 1.165) is 0 Å². The molecule has 0 heteroatoms. The maximum atomic E-state index is 2.45. The molecule has 0 aromatic heterocycles. The number of rotatable bonds is 2. The predicted molar refractivity (Wildman–Crippen MR) is 196 cm³/mol. The van der Waals surface area contributed by atoms with Crippen LogP contribution in [0.1, 0.15) is 77.6 Å². The molecule has 222 valence electrons. The van der Waals surface area contributed by atoms with E-state index in [-0.39, 0.29) is 16.2 Å². The zero-order valence-electron chi connectivity index (χ0n) is 27.9.